The second kappa shape index (κ2) is 18.7. The van der Waals surface area contributed by atoms with Crippen LogP contribution < -0.4 is 21.7 Å². The highest BCUT2D eigenvalue weighted by atomic mass is 16.5. The molecule has 6 N–H and O–H groups in total. The average molecular weight is 611 g/mol. The molecule has 0 aromatic rings. The maximum absolute atomic E-state index is 12.8. The molecule has 5 unspecified atom stereocenters. The van der Waals surface area contributed by atoms with Crippen molar-refractivity contribution >= 4 is 35.6 Å². The van der Waals surface area contributed by atoms with Crippen molar-refractivity contribution < 1.29 is 48.1 Å². The Kier molecular flexibility index (Phi) is 16.2. The number of carboxylic acids is 1. The van der Waals surface area contributed by atoms with Gasteiger partial charge in [0.05, 0.1) is 25.2 Å². The van der Waals surface area contributed by atoms with Crippen LogP contribution in [0.1, 0.15) is 72.6 Å². The van der Waals surface area contributed by atoms with Gasteiger partial charge in [-0.2, -0.15) is 0 Å². The van der Waals surface area contributed by atoms with E-state index in [1.807, 2.05) is 19.1 Å². The molecule has 3 amide bonds. The van der Waals surface area contributed by atoms with Crippen molar-refractivity contribution in [3.8, 4) is 0 Å². The van der Waals surface area contributed by atoms with Crippen molar-refractivity contribution in [1.29, 1.82) is 0 Å². The highest BCUT2D eigenvalue weighted by Gasteiger charge is 2.28. The number of carbonyl (C=O) groups is 6. The lowest BCUT2D eigenvalue weighted by Crippen LogP contribution is -2.51. The summed E-state index contributed by atoms with van der Waals surface area (Å²) in [6, 6.07) is -4.35. The Hall–Kier alpha value is -3.78. The maximum atomic E-state index is 12.8. The summed E-state index contributed by atoms with van der Waals surface area (Å²) in [4.78, 5) is 73.6. The molecule has 0 aliphatic heterocycles. The van der Waals surface area contributed by atoms with Crippen molar-refractivity contribution in [1.82, 2.24) is 16.0 Å². The van der Waals surface area contributed by atoms with Crippen LogP contribution in [0.2, 0.25) is 0 Å². The molecule has 0 heterocycles. The summed E-state index contributed by atoms with van der Waals surface area (Å²) in [6.45, 7) is 6.81. The molecule has 0 bridgehead atoms. The molecule has 0 saturated heterocycles. The van der Waals surface area contributed by atoms with E-state index in [9.17, 15) is 33.9 Å². The number of amides is 3. The molecule has 0 saturated carbocycles. The van der Waals surface area contributed by atoms with Crippen LogP contribution in [0.15, 0.2) is 23.8 Å². The van der Waals surface area contributed by atoms with Crippen molar-refractivity contribution in [2.45, 2.75) is 102 Å². The number of aliphatic carboxylic acids is 1. The number of nitrogens with one attached hydrogen (secondary N) is 3. The molecule has 1 rings (SSSR count). The molecule has 43 heavy (non-hydrogen) atoms. The SMILES string of the molecule is CCOC(=O)C(N)CCCC(NC(=O)CCC(NC(=O)C(C)NC(=O)CC1=CCC(C)(OC)C=C1)C(=O)OCC)C(=O)O. The Balaban J connectivity index is 2.65. The molecule has 0 spiro atoms. The number of allylic oxidation sites excluding steroid dienone is 1. The van der Waals surface area contributed by atoms with Crippen molar-refractivity contribution in [3.63, 3.8) is 0 Å². The standard InChI is InChI=1S/C29H46N4O10/c1-6-42-27(39)20(30)9-8-10-21(26(37)38)32-23(34)12-11-22(28(40)43-7-2)33-25(36)18(3)31-24(35)17-19-13-15-29(4,41-5)16-14-19/h13-15,18,20-22H,6-12,16-17,30H2,1-5H3,(H,31,35)(H,32,34)(H,33,36)(H,37,38). The smallest absolute Gasteiger partial charge is 0.328 e. The van der Waals surface area contributed by atoms with Crippen LogP contribution in [0.4, 0.5) is 0 Å². The third kappa shape index (κ3) is 13.8. The van der Waals surface area contributed by atoms with E-state index in [1.54, 1.807) is 27.0 Å². The quantitative estimate of drug-likeness (QED) is 0.128. The van der Waals surface area contributed by atoms with Crippen LogP contribution in [0.5, 0.6) is 0 Å². The third-order valence-corrected chi connectivity index (χ3v) is 6.80. The van der Waals surface area contributed by atoms with Crippen molar-refractivity contribution in [2.24, 2.45) is 5.73 Å². The van der Waals surface area contributed by atoms with Gasteiger partial charge in [0, 0.05) is 13.5 Å². The monoisotopic (exact) mass is 610 g/mol. The number of nitrogens with two attached hydrogens (primary N) is 1. The number of esters is 2. The molecule has 14 heteroatoms. The van der Waals surface area contributed by atoms with Gasteiger partial charge in [0.1, 0.15) is 24.2 Å². The largest absolute Gasteiger partial charge is 0.480 e. The molecular weight excluding hydrogens is 564 g/mol. The van der Waals surface area contributed by atoms with Gasteiger partial charge >= 0.3 is 17.9 Å². The van der Waals surface area contributed by atoms with Gasteiger partial charge in [0.25, 0.3) is 0 Å². The predicted molar refractivity (Wildman–Crippen MR) is 155 cm³/mol. The highest BCUT2D eigenvalue weighted by Crippen LogP contribution is 2.24. The van der Waals surface area contributed by atoms with Crippen molar-refractivity contribution in [2.75, 3.05) is 20.3 Å². The fourth-order valence-corrected chi connectivity index (χ4v) is 4.08. The van der Waals surface area contributed by atoms with E-state index in [2.05, 4.69) is 16.0 Å². The van der Waals surface area contributed by atoms with E-state index < -0.39 is 65.4 Å². The number of hydrogen-bond acceptors (Lipinski definition) is 10. The highest BCUT2D eigenvalue weighted by molar-refractivity contribution is 5.91. The summed E-state index contributed by atoms with van der Waals surface area (Å²) < 4.78 is 15.2. The van der Waals surface area contributed by atoms with Gasteiger partial charge in [-0.25, -0.2) is 9.59 Å². The van der Waals surface area contributed by atoms with E-state index in [4.69, 9.17) is 19.9 Å². The normalized spacial score (nSPS) is 18.7. The Morgan fingerprint density at radius 2 is 1.60 bits per heavy atom. The summed E-state index contributed by atoms with van der Waals surface area (Å²) in [5, 5.41) is 17.0. The van der Waals surface area contributed by atoms with Gasteiger partial charge in [-0.1, -0.05) is 18.2 Å². The van der Waals surface area contributed by atoms with Crippen LogP contribution in [-0.4, -0.2) is 90.8 Å². The molecule has 0 aromatic heterocycles. The van der Waals surface area contributed by atoms with E-state index in [0.717, 1.165) is 5.57 Å². The first kappa shape index (κ1) is 37.2. The second-order valence-corrected chi connectivity index (χ2v) is 10.4. The van der Waals surface area contributed by atoms with Gasteiger partial charge < -0.3 is 41.0 Å². The van der Waals surface area contributed by atoms with Gasteiger partial charge in [-0.3, -0.25) is 19.2 Å². The number of carboxylic acid groups (broad SMARTS) is 1. The van der Waals surface area contributed by atoms with E-state index in [0.29, 0.717) is 6.42 Å². The zero-order valence-electron chi connectivity index (χ0n) is 25.6. The van der Waals surface area contributed by atoms with Gasteiger partial charge in [0.15, 0.2) is 0 Å². The van der Waals surface area contributed by atoms with Crippen LogP contribution >= 0.6 is 0 Å². The minimum Gasteiger partial charge on any atom is -0.480 e. The molecular formula is C29H46N4O10. The molecule has 242 valence electrons. The topological polar surface area (TPSA) is 212 Å². The maximum Gasteiger partial charge on any atom is 0.328 e. The van der Waals surface area contributed by atoms with Crippen LogP contribution in [0.3, 0.4) is 0 Å². The second-order valence-electron chi connectivity index (χ2n) is 10.4. The van der Waals surface area contributed by atoms with E-state index in [1.165, 1.54) is 6.92 Å². The number of rotatable bonds is 19. The molecule has 0 radical (unpaired) electrons. The number of carbonyl (C=O) groups excluding carboxylic acids is 5. The number of hydrogen-bond donors (Lipinski definition) is 5. The van der Waals surface area contributed by atoms with E-state index in [-0.39, 0.29) is 51.7 Å². The van der Waals surface area contributed by atoms with Gasteiger partial charge in [0.2, 0.25) is 17.7 Å². The fraction of sp³-hybridized carbons (Fsp3) is 0.655. The minimum atomic E-state index is -1.27. The minimum absolute atomic E-state index is 0.0157. The lowest BCUT2D eigenvalue weighted by molar-refractivity contribution is -0.148. The molecule has 1 aliphatic carbocycles. The molecule has 14 nitrogen and oxygen atoms in total. The van der Waals surface area contributed by atoms with Crippen LogP contribution in [0.25, 0.3) is 0 Å². The lowest BCUT2D eigenvalue weighted by atomic mass is 9.92. The average Bonchev–Trinajstić information content (AvgIpc) is 2.95. The fourth-order valence-electron chi connectivity index (χ4n) is 4.08. The zero-order chi connectivity index (χ0) is 32.6. The van der Waals surface area contributed by atoms with Crippen LogP contribution in [0, 0.1) is 0 Å². The summed E-state index contributed by atoms with van der Waals surface area (Å²) in [5.74, 6) is -4.35. The van der Waals surface area contributed by atoms with Crippen molar-refractivity contribution in [3.05, 3.63) is 23.8 Å². The first-order valence-corrected chi connectivity index (χ1v) is 14.4. The first-order chi connectivity index (χ1) is 20.2. The summed E-state index contributed by atoms with van der Waals surface area (Å²) in [7, 11) is 1.61. The van der Waals surface area contributed by atoms with Crippen LogP contribution in [-0.2, 0) is 43.0 Å². The first-order valence-electron chi connectivity index (χ1n) is 14.4. The Bertz CT molecular complexity index is 1060. The summed E-state index contributed by atoms with van der Waals surface area (Å²) >= 11 is 0. The van der Waals surface area contributed by atoms with Gasteiger partial charge in [-0.15, -0.1) is 0 Å². The number of methoxy groups -OCH3 is 1. The summed E-state index contributed by atoms with van der Waals surface area (Å²) in [6.07, 6.45) is 6.17. The predicted octanol–water partition coefficient (Wildman–Crippen LogP) is 0.631. The van der Waals surface area contributed by atoms with E-state index >= 15 is 0 Å². The summed E-state index contributed by atoms with van der Waals surface area (Å²) in [5.41, 5.74) is 6.07. The molecule has 5 atom stereocenters. The Morgan fingerprint density at radius 3 is 2.16 bits per heavy atom. The molecule has 0 aromatic carbocycles. The molecule has 1 aliphatic rings. The number of ether oxygens (including phenoxy) is 3. The zero-order valence-corrected chi connectivity index (χ0v) is 25.6. The third-order valence-electron chi connectivity index (χ3n) is 6.80. The molecule has 0 fully saturated rings. The lowest BCUT2D eigenvalue weighted by Gasteiger charge is -2.26. The van der Waals surface area contributed by atoms with Gasteiger partial charge in [-0.05, 0) is 65.4 Å². The Labute approximate surface area is 252 Å². The Morgan fingerprint density at radius 1 is 0.953 bits per heavy atom.